The lowest BCUT2D eigenvalue weighted by Gasteiger charge is -2.36. The minimum absolute atomic E-state index is 0.249. The molecule has 1 fully saturated rings. The van der Waals surface area contributed by atoms with Gasteiger partial charge in [0.25, 0.3) is 0 Å². The number of fused-ring (bicyclic) bond motifs is 3. The first-order chi connectivity index (χ1) is 17.1. The Bertz CT molecular complexity index is 1500. The molecule has 0 spiro atoms. The molecule has 9 nitrogen and oxygen atoms in total. The lowest BCUT2D eigenvalue weighted by atomic mass is 10.2. The molecule has 5 aromatic rings. The third-order valence-electron chi connectivity index (χ3n) is 6.38. The molecule has 0 radical (unpaired) electrons. The van der Waals surface area contributed by atoms with Crippen LogP contribution in [0.1, 0.15) is 0 Å². The Labute approximate surface area is 199 Å². The molecule has 178 valence electrons. The minimum atomic E-state index is -0.564. The van der Waals surface area contributed by atoms with Crippen LogP contribution in [0.5, 0.6) is 0 Å². The highest BCUT2D eigenvalue weighted by Gasteiger charge is 2.21. The van der Waals surface area contributed by atoms with Gasteiger partial charge in [-0.1, -0.05) is 30.3 Å². The molecule has 2 N–H and O–H groups in total. The maximum atomic E-state index is 14.1. The van der Waals surface area contributed by atoms with Crippen molar-refractivity contribution in [3.63, 3.8) is 0 Å². The Kier molecular flexibility index (Phi) is 5.25. The number of imidazole rings is 1. The number of aromatic nitrogens is 6. The van der Waals surface area contributed by atoms with Crippen molar-refractivity contribution in [2.75, 3.05) is 43.4 Å². The summed E-state index contributed by atoms with van der Waals surface area (Å²) in [7, 11) is 0. The van der Waals surface area contributed by atoms with Crippen molar-refractivity contribution in [1.82, 2.24) is 34.0 Å². The summed E-state index contributed by atoms with van der Waals surface area (Å²) in [6.45, 7) is 4.33. The number of hydrogen-bond donors (Lipinski definition) is 1. The first-order valence-corrected chi connectivity index (χ1v) is 11.4. The molecule has 11 heteroatoms. The van der Waals surface area contributed by atoms with E-state index in [1.165, 1.54) is 16.6 Å². The topological polar surface area (TPSA) is 93.4 Å². The second kappa shape index (κ2) is 8.58. The first kappa shape index (κ1) is 21.4. The summed E-state index contributed by atoms with van der Waals surface area (Å²) in [5.74, 6) is -0.274. The van der Waals surface area contributed by atoms with Gasteiger partial charge in [0.15, 0.2) is 22.6 Å². The van der Waals surface area contributed by atoms with Crippen LogP contribution in [0.15, 0.2) is 54.9 Å². The number of rotatable bonds is 5. The third kappa shape index (κ3) is 3.93. The molecule has 0 amide bonds. The van der Waals surface area contributed by atoms with Gasteiger partial charge in [0.05, 0.1) is 12.0 Å². The second-order valence-electron chi connectivity index (χ2n) is 8.54. The molecular formula is C24H23F2N9. The van der Waals surface area contributed by atoms with Crippen LogP contribution in [0.25, 0.3) is 28.2 Å². The summed E-state index contributed by atoms with van der Waals surface area (Å²) in [5, 5.41) is 4.51. The predicted octanol–water partition coefficient (Wildman–Crippen LogP) is 2.82. The van der Waals surface area contributed by atoms with Crippen LogP contribution in [0.4, 0.5) is 20.4 Å². The summed E-state index contributed by atoms with van der Waals surface area (Å²) < 4.78 is 30.8. The largest absolute Gasteiger partial charge is 0.368 e. The third-order valence-corrected chi connectivity index (χ3v) is 6.38. The van der Waals surface area contributed by atoms with E-state index >= 15 is 0 Å². The molecule has 6 rings (SSSR count). The molecule has 1 aliphatic rings. The molecule has 4 heterocycles. The second-order valence-corrected chi connectivity index (χ2v) is 8.54. The maximum Gasteiger partial charge on any atom is 0.225 e. The SMILES string of the molecule is Nc1nc2c(ncn2CCN2CCN(c3ccc(F)cc3F)CC2)c2nc(-c3ccccc3)nn12. The lowest BCUT2D eigenvalue weighted by Crippen LogP contribution is -2.47. The van der Waals surface area contributed by atoms with E-state index < -0.39 is 11.6 Å². The summed E-state index contributed by atoms with van der Waals surface area (Å²) in [6, 6.07) is 13.4. The fourth-order valence-electron chi connectivity index (χ4n) is 4.50. The van der Waals surface area contributed by atoms with Gasteiger partial charge in [-0.15, -0.1) is 5.10 Å². The van der Waals surface area contributed by atoms with Crippen molar-refractivity contribution in [1.29, 1.82) is 0 Å². The summed E-state index contributed by atoms with van der Waals surface area (Å²) in [6.07, 6.45) is 1.75. The Balaban J connectivity index is 1.17. The van der Waals surface area contributed by atoms with Crippen LogP contribution in [-0.2, 0) is 6.54 Å². The van der Waals surface area contributed by atoms with Gasteiger partial charge in [-0.2, -0.15) is 9.50 Å². The van der Waals surface area contributed by atoms with Gasteiger partial charge in [0, 0.05) is 50.9 Å². The van der Waals surface area contributed by atoms with E-state index in [1.807, 2.05) is 39.8 Å². The average molecular weight is 476 g/mol. The van der Waals surface area contributed by atoms with Crippen LogP contribution in [-0.4, -0.2) is 66.8 Å². The van der Waals surface area contributed by atoms with Crippen molar-refractivity contribution >= 4 is 28.4 Å². The molecule has 0 unspecified atom stereocenters. The number of halogens is 2. The fourth-order valence-corrected chi connectivity index (χ4v) is 4.50. The van der Waals surface area contributed by atoms with Crippen LogP contribution in [0, 0.1) is 11.6 Å². The highest BCUT2D eigenvalue weighted by molar-refractivity contribution is 5.87. The Morgan fingerprint density at radius 2 is 1.69 bits per heavy atom. The van der Waals surface area contributed by atoms with E-state index in [2.05, 4.69) is 25.0 Å². The fraction of sp³-hybridized carbons (Fsp3) is 0.250. The van der Waals surface area contributed by atoms with Crippen LogP contribution in [0.2, 0.25) is 0 Å². The van der Waals surface area contributed by atoms with E-state index in [-0.39, 0.29) is 5.95 Å². The van der Waals surface area contributed by atoms with Gasteiger partial charge in [-0.3, -0.25) is 4.90 Å². The predicted molar refractivity (Wildman–Crippen MR) is 129 cm³/mol. The maximum absolute atomic E-state index is 14.1. The monoisotopic (exact) mass is 475 g/mol. The lowest BCUT2D eigenvalue weighted by molar-refractivity contribution is 0.248. The average Bonchev–Trinajstić information content (AvgIpc) is 3.49. The summed E-state index contributed by atoms with van der Waals surface area (Å²) in [5.41, 5.74) is 9.42. The number of nitrogen functional groups attached to an aromatic ring is 1. The smallest absolute Gasteiger partial charge is 0.225 e. The zero-order valence-electron chi connectivity index (χ0n) is 18.8. The van der Waals surface area contributed by atoms with Gasteiger partial charge in [-0.05, 0) is 12.1 Å². The molecule has 1 aliphatic heterocycles. The highest BCUT2D eigenvalue weighted by Crippen LogP contribution is 2.23. The minimum Gasteiger partial charge on any atom is -0.368 e. The molecule has 35 heavy (non-hydrogen) atoms. The van der Waals surface area contributed by atoms with Gasteiger partial charge in [0.2, 0.25) is 5.95 Å². The van der Waals surface area contributed by atoms with Crippen molar-refractivity contribution in [3.8, 4) is 11.4 Å². The number of hydrogen-bond acceptors (Lipinski definition) is 7. The van der Waals surface area contributed by atoms with E-state index in [0.29, 0.717) is 48.0 Å². The number of nitrogens with zero attached hydrogens (tertiary/aromatic N) is 8. The molecule has 0 atom stereocenters. The standard InChI is InChI=1S/C24H23F2N9/c25-17-6-7-19(18(26)14-17)33-11-8-32(9-12-33)10-13-34-15-28-20-22(34)30-24(27)35-23(20)29-21(31-35)16-4-2-1-3-5-16/h1-7,14-15H,8-13H2,(H2,27,30). The van der Waals surface area contributed by atoms with Crippen molar-refractivity contribution < 1.29 is 8.78 Å². The van der Waals surface area contributed by atoms with E-state index in [1.54, 1.807) is 6.33 Å². The molecule has 0 saturated carbocycles. The molecular weight excluding hydrogens is 452 g/mol. The quantitative estimate of drug-likeness (QED) is 0.418. The number of benzene rings is 2. The van der Waals surface area contributed by atoms with Crippen molar-refractivity contribution in [2.24, 2.45) is 0 Å². The van der Waals surface area contributed by atoms with Gasteiger partial charge in [0.1, 0.15) is 11.6 Å². The zero-order chi connectivity index (χ0) is 23.9. The van der Waals surface area contributed by atoms with Crippen LogP contribution < -0.4 is 10.6 Å². The molecule has 3 aromatic heterocycles. The Morgan fingerprint density at radius 3 is 2.46 bits per heavy atom. The number of piperazine rings is 1. The number of nitrogens with two attached hydrogens (primary N) is 1. The van der Waals surface area contributed by atoms with Crippen molar-refractivity contribution in [3.05, 3.63) is 66.5 Å². The Hall–Kier alpha value is -4.12. The summed E-state index contributed by atoms with van der Waals surface area (Å²) >= 11 is 0. The Morgan fingerprint density at radius 1 is 0.886 bits per heavy atom. The van der Waals surface area contributed by atoms with Crippen molar-refractivity contribution in [2.45, 2.75) is 6.54 Å². The van der Waals surface area contributed by atoms with E-state index in [9.17, 15) is 8.78 Å². The molecule has 0 bridgehead atoms. The molecule has 1 saturated heterocycles. The first-order valence-electron chi connectivity index (χ1n) is 11.4. The van der Waals surface area contributed by atoms with Crippen LogP contribution in [0.3, 0.4) is 0 Å². The normalized spacial score (nSPS) is 14.9. The highest BCUT2D eigenvalue weighted by atomic mass is 19.1. The number of anilines is 2. The zero-order valence-corrected chi connectivity index (χ0v) is 18.8. The van der Waals surface area contributed by atoms with E-state index in [4.69, 9.17) is 5.73 Å². The molecule has 2 aromatic carbocycles. The summed E-state index contributed by atoms with van der Waals surface area (Å²) in [4.78, 5) is 18.0. The molecule has 0 aliphatic carbocycles. The van der Waals surface area contributed by atoms with Gasteiger partial charge < -0.3 is 15.2 Å². The van der Waals surface area contributed by atoms with Crippen LogP contribution >= 0.6 is 0 Å². The van der Waals surface area contributed by atoms with Gasteiger partial charge in [-0.25, -0.2) is 18.7 Å². The van der Waals surface area contributed by atoms with E-state index in [0.717, 1.165) is 31.3 Å². The van der Waals surface area contributed by atoms with Gasteiger partial charge >= 0.3 is 0 Å².